The van der Waals surface area contributed by atoms with E-state index in [2.05, 4.69) is 41.7 Å². The van der Waals surface area contributed by atoms with Crippen molar-refractivity contribution in [1.29, 1.82) is 0 Å². The van der Waals surface area contributed by atoms with Crippen LogP contribution < -0.4 is 5.43 Å². The third-order valence-corrected chi connectivity index (χ3v) is 4.27. The van der Waals surface area contributed by atoms with Crippen molar-refractivity contribution in [3.05, 3.63) is 83.4 Å². The van der Waals surface area contributed by atoms with E-state index in [0.717, 1.165) is 34.0 Å². The molecular weight excluding hydrogens is 308 g/mol. The lowest BCUT2D eigenvalue weighted by Crippen LogP contribution is -2.22. The summed E-state index contributed by atoms with van der Waals surface area (Å²) in [6, 6.07) is 22.3. The van der Waals surface area contributed by atoms with Crippen LogP contribution in [0.15, 0.2) is 71.8 Å². The van der Waals surface area contributed by atoms with Crippen LogP contribution in [0.3, 0.4) is 0 Å². The fourth-order valence-electron chi connectivity index (χ4n) is 2.88. The summed E-state index contributed by atoms with van der Waals surface area (Å²) in [7, 11) is 0. The van der Waals surface area contributed by atoms with Gasteiger partial charge in [-0.3, -0.25) is 4.79 Å². The first kappa shape index (κ1) is 16.9. The molecule has 0 aliphatic carbocycles. The van der Waals surface area contributed by atoms with Crippen molar-refractivity contribution < 1.29 is 4.79 Å². The molecule has 0 aliphatic heterocycles. The van der Waals surface area contributed by atoms with E-state index in [9.17, 15) is 4.79 Å². The minimum absolute atomic E-state index is 0.102. The molecule has 3 heteroatoms. The number of benzene rings is 3. The molecule has 3 nitrogen and oxygen atoms in total. The van der Waals surface area contributed by atoms with Gasteiger partial charge >= 0.3 is 0 Å². The van der Waals surface area contributed by atoms with E-state index < -0.39 is 0 Å². The Morgan fingerprint density at radius 3 is 2.44 bits per heavy atom. The molecule has 0 bridgehead atoms. The summed E-state index contributed by atoms with van der Waals surface area (Å²) < 4.78 is 0. The molecule has 0 saturated carbocycles. The monoisotopic (exact) mass is 330 g/mol. The van der Waals surface area contributed by atoms with Gasteiger partial charge in [0.05, 0.1) is 12.1 Å². The standard InChI is InChI=1S/C22H22N2O/c1-3-21(18-13-11-16(2)12-14-18)23-24-22(25)15-19-9-6-8-17-7-4-5-10-20(17)19/h4-14H,3,15H2,1-2H3,(H,24,25)/b23-21+. The Kier molecular flexibility index (Phi) is 5.24. The van der Waals surface area contributed by atoms with Gasteiger partial charge in [-0.05, 0) is 35.2 Å². The maximum absolute atomic E-state index is 12.3. The van der Waals surface area contributed by atoms with Crippen molar-refractivity contribution in [2.75, 3.05) is 0 Å². The molecule has 126 valence electrons. The summed E-state index contributed by atoms with van der Waals surface area (Å²) in [4.78, 5) is 12.3. The maximum atomic E-state index is 12.3. The van der Waals surface area contributed by atoms with Gasteiger partial charge in [0.2, 0.25) is 5.91 Å². The molecule has 0 atom stereocenters. The number of nitrogens with zero attached hydrogens (tertiary/aromatic N) is 1. The Hall–Kier alpha value is -2.94. The first-order chi connectivity index (χ1) is 12.2. The summed E-state index contributed by atoms with van der Waals surface area (Å²) in [5.74, 6) is -0.102. The molecule has 0 unspecified atom stereocenters. The molecule has 1 N–H and O–H groups in total. The summed E-state index contributed by atoms with van der Waals surface area (Å²) in [5.41, 5.74) is 6.85. The highest BCUT2D eigenvalue weighted by Crippen LogP contribution is 2.18. The minimum atomic E-state index is -0.102. The van der Waals surface area contributed by atoms with Gasteiger partial charge in [0.25, 0.3) is 0 Å². The van der Waals surface area contributed by atoms with Crippen LogP contribution in [0.1, 0.15) is 30.0 Å². The van der Waals surface area contributed by atoms with Crippen molar-refractivity contribution >= 4 is 22.4 Å². The van der Waals surface area contributed by atoms with Crippen LogP contribution in [0, 0.1) is 6.92 Å². The molecule has 3 aromatic carbocycles. The lowest BCUT2D eigenvalue weighted by atomic mass is 10.0. The SMILES string of the molecule is CC/C(=N\NC(=O)Cc1cccc2ccccc12)c1ccc(C)cc1. The highest BCUT2D eigenvalue weighted by Gasteiger charge is 2.07. The Morgan fingerprint density at radius 1 is 0.960 bits per heavy atom. The van der Waals surface area contributed by atoms with Crippen molar-refractivity contribution in [3.8, 4) is 0 Å². The molecule has 3 rings (SSSR count). The van der Waals surface area contributed by atoms with Gasteiger partial charge in [0.1, 0.15) is 0 Å². The van der Waals surface area contributed by atoms with E-state index in [1.54, 1.807) is 0 Å². The van der Waals surface area contributed by atoms with Crippen molar-refractivity contribution in [1.82, 2.24) is 5.43 Å². The van der Waals surface area contributed by atoms with Crippen LogP contribution in [0.2, 0.25) is 0 Å². The zero-order valence-electron chi connectivity index (χ0n) is 14.6. The average Bonchev–Trinajstić information content (AvgIpc) is 2.64. The van der Waals surface area contributed by atoms with Gasteiger partial charge in [-0.25, -0.2) is 5.43 Å². The first-order valence-corrected chi connectivity index (χ1v) is 8.56. The number of aryl methyl sites for hydroxylation is 1. The minimum Gasteiger partial charge on any atom is -0.273 e. The molecule has 0 saturated heterocycles. The molecule has 0 aliphatic rings. The topological polar surface area (TPSA) is 41.5 Å². The number of amides is 1. The zero-order chi connectivity index (χ0) is 17.6. The normalized spacial score (nSPS) is 11.5. The summed E-state index contributed by atoms with van der Waals surface area (Å²) in [5, 5.41) is 6.59. The van der Waals surface area contributed by atoms with E-state index in [4.69, 9.17) is 0 Å². The largest absolute Gasteiger partial charge is 0.273 e. The number of fused-ring (bicyclic) bond motifs is 1. The molecule has 3 aromatic rings. The molecule has 0 radical (unpaired) electrons. The lowest BCUT2D eigenvalue weighted by molar-refractivity contribution is -0.120. The molecule has 0 spiro atoms. The van der Waals surface area contributed by atoms with E-state index in [0.29, 0.717) is 6.42 Å². The Labute approximate surface area is 148 Å². The van der Waals surface area contributed by atoms with Gasteiger partial charge in [-0.1, -0.05) is 79.2 Å². The number of rotatable bonds is 5. The van der Waals surface area contributed by atoms with Crippen molar-refractivity contribution in [2.24, 2.45) is 5.10 Å². The highest BCUT2D eigenvalue weighted by molar-refractivity contribution is 6.01. The van der Waals surface area contributed by atoms with Crippen LogP contribution in [0.25, 0.3) is 10.8 Å². The fourth-order valence-corrected chi connectivity index (χ4v) is 2.88. The number of hydrazone groups is 1. The quantitative estimate of drug-likeness (QED) is 0.538. The predicted molar refractivity (Wildman–Crippen MR) is 104 cm³/mol. The van der Waals surface area contributed by atoms with E-state index >= 15 is 0 Å². The van der Waals surface area contributed by atoms with Gasteiger partial charge in [-0.15, -0.1) is 0 Å². The van der Waals surface area contributed by atoms with E-state index in [1.807, 2.05) is 49.4 Å². The van der Waals surface area contributed by atoms with Gasteiger partial charge in [0, 0.05) is 0 Å². The number of carbonyl (C=O) groups excluding carboxylic acids is 1. The maximum Gasteiger partial charge on any atom is 0.244 e. The first-order valence-electron chi connectivity index (χ1n) is 8.56. The highest BCUT2D eigenvalue weighted by atomic mass is 16.2. The third-order valence-electron chi connectivity index (χ3n) is 4.27. The van der Waals surface area contributed by atoms with Gasteiger partial charge < -0.3 is 0 Å². The van der Waals surface area contributed by atoms with Crippen LogP contribution in [-0.2, 0) is 11.2 Å². The number of hydrogen-bond donors (Lipinski definition) is 1. The second kappa shape index (κ2) is 7.75. The zero-order valence-corrected chi connectivity index (χ0v) is 14.6. The summed E-state index contributed by atoms with van der Waals surface area (Å²) >= 11 is 0. The van der Waals surface area contributed by atoms with E-state index in [-0.39, 0.29) is 5.91 Å². The summed E-state index contributed by atoms with van der Waals surface area (Å²) in [6.45, 7) is 4.09. The van der Waals surface area contributed by atoms with Gasteiger partial charge in [0.15, 0.2) is 0 Å². The second-order valence-corrected chi connectivity index (χ2v) is 6.13. The fraction of sp³-hybridized carbons (Fsp3) is 0.182. The van der Waals surface area contributed by atoms with Crippen LogP contribution in [0.5, 0.6) is 0 Å². The van der Waals surface area contributed by atoms with Crippen LogP contribution >= 0.6 is 0 Å². The number of hydrogen-bond acceptors (Lipinski definition) is 2. The number of nitrogens with one attached hydrogen (secondary N) is 1. The Balaban J connectivity index is 1.74. The molecule has 0 fully saturated rings. The summed E-state index contributed by atoms with van der Waals surface area (Å²) in [6.07, 6.45) is 1.08. The van der Waals surface area contributed by atoms with Crippen LogP contribution in [0.4, 0.5) is 0 Å². The smallest absolute Gasteiger partial charge is 0.244 e. The molecular formula is C22H22N2O. The number of carbonyl (C=O) groups is 1. The van der Waals surface area contributed by atoms with Crippen molar-refractivity contribution in [2.45, 2.75) is 26.7 Å². The second-order valence-electron chi connectivity index (χ2n) is 6.13. The van der Waals surface area contributed by atoms with Crippen LogP contribution in [-0.4, -0.2) is 11.6 Å². The van der Waals surface area contributed by atoms with Crippen molar-refractivity contribution in [3.63, 3.8) is 0 Å². The Bertz CT molecular complexity index is 905. The van der Waals surface area contributed by atoms with E-state index in [1.165, 1.54) is 5.56 Å². The predicted octanol–water partition coefficient (Wildman–Crippen LogP) is 4.62. The Morgan fingerprint density at radius 2 is 1.68 bits per heavy atom. The average molecular weight is 330 g/mol. The van der Waals surface area contributed by atoms with Gasteiger partial charge in [-0.2, -0.15) is 5.10 Å². The molecule has 25 heavy (non-hydrogen) atoms. The third kappa shape index (κ3) is 4.13. The molecule has 0 aromatic heterocycles. The molecule has 0 heterocycles. The lowest BCUT2D eigenvalue weighted by Gasteiger charge is -2.08. The molecule has 1 amide bonds.